The predicted octanol–water partition coefficient (Wildman–Crippen LogP) is 4.61. The number of piperidine rings is 2. The maximum Gasteiger partial charge on any atom is 0.255 e. The fourth-order valence-corrected chi connectivity index (χ4v) is 6.75. The molecule has 0 radical (unpaired) electrons. The molecule has 0 aliphatic carbocycles. The highest BCUT2D eigenvalue weighted by Gasteiger charge is 2.40. The number of aromatic nitrogens is 1. The Morgan fingerprint density at radius 2 is 1.64 bits per heavy atom. The van der Waals surface area contributed by atoms with Crippen molar-refractivity contribution in [3.63, 3.8) is 0 Å². The summed E-state index contributed by atoms with van der Waals surface area (Å²) in [6.07, 6.45) is 7.36. The van der Waals surface area contributed by atoms with Crippen LogP contribution in [0.1, 0.15) is 72.6 Å². The lowest BCUT2D eigenvalue weighted by molar-refractivity contribution is -0.143. The molecule has 2 amide bonds. The summed E-state index contributed by atoms with van der Waals surface area (Å²) in [5, 5.41) is 0. The molecule has 3 aliphatic rings. The number of carbonyl (C=O) groups is 2. The second-order valence-electron chi connectivity index (χ2n) is 11.9. The average Bonchev–Trinajstić information content (AvgIpc) is 2.97. The average molecular weight is 533 g/mol. The summed E-state index contributed by atoms with van der Waals surface area (Å²) in [5.41, 5.74) is 3.84. The third-order valence-corrected chi connectivity index (χ3v) is 9.41. The van der Waals surface area contributed by atoms with E-state index >= 15 is 0 Å². The topological polar surface area (TPSA) is 66.0 Å². The third kappa shape index (κ3) is 6.20. The first-order valence-electron chi connectivity index (χ1n) is 14.7. The normalized spacial score (nSPS) is 21.1. The lowest BCUT2D eigenvalue weighted by atomic mass is 9.85. The molecule has 3 fully saturated rings. The van der Waals surface area contributed by atoms with Crippen molar-refractivity contribution < 1.29 is 14.3 Å². The zero-order valence-electron chi connectivity index (χ0n) is 23.9. The number of carbonyl (C=O) groups excluding carboxylic acids is 2. The Morgan fingerprint density at radius 3 is 2.28 bits per heavy atom. The minimum Gasteiger partial charge on any atom is -0.381 e. The summed E-state index contributed by atoms with van der Waals surface area (Å²) in [4.78, 5) is 38.2. The number of pyridine rings is 1. The second kappa shape index (κ2) is 12.2. The highest BCUT2D eigenvalue weighted by Crippen LogP contribution is 2.34. The minimum atomic E-state index is 0.0759. The number of ether oxygens (including phenoxy) is 1. The fourth-order valence-electron chi connectivity index (χ4n) is 6.75. The number of hydrogen-bond donors (Lipinski definition) is 0. The van der Waals surface area contributed by atoms with Crippen molar-refractivity contribution >= 4 is 11.8 Å². The lowest BCUT2D eigenvalue weighted by Gasteiger charge is -2.50. The molecule has 1 aromatic carbocycles. The molecule has 39 heavy (non-hydrogen) atoms. The van der Waals surface area contributed by atoms with Gasteiger partial charge < -0.3 is 14.5 Å². The monoisotopic (exact) mass is 532 g/mol. The second-order valence-corrected chi connectivity index (χ2v) is 11.9. The van der Waals surface area contributed by atoms with Gasteiger partial charge in [-0.1, -0.05) is 30.3 Å². The van der Waals surface area contributed by atoms with Crippen molar-refractivity contribution in [1.29, 1.82) is 0 Å². The lowest BCUT2D eigenvalue weighted by Crippen LogP contribution is -2.58. The molecule has 2 aromatic rings. The Morgan fingerprint density at radius 1 is 0.974 bits per heavy atom. The summed E-state index contributed by atoms with van der Waals surface area (Å²) in [6, 6.07) is 12.6. The van der Waals surface area contributed by atoms with Crippen molar-refractivity contribution in [1.82, 2.24) is 19.7 Å². The van der Waals surface area contributed by atoms with E-state index in [0.29, 0.717) is 25.7 Å². The minimum absolute atomic E-state index is 0.0759. The van der Waals surface area contributed by atoms with Gasteiger partial charge in [-0.25, -0.2) is 0 Å². The van der Waals surface area contributed by atoms with E-state index in [-0.39, 0.29) is 23.4 Å². The van der Waals surface area contributed by atoms with Crippen LogP contribution in [0, 0.1) is 19.8 Å². The molecule has 0 bridgehead atoms. The van der Waals surface area contributed by atoms with E-state index in [9.17, 15) is 9.59 Å². The van der Waals surface area contributed by atoms with Crippen molar-refractivity contribution in [2.75, 3.05) is 39.4 Å². The maximum atomic E-state index is 13.7. The zero-order chi connectivity index (χ0) is 27.4. The molecule has 7 heteroatoms. The van der Waals surface area contributed by atoms with Gasteiger partial charge >= 0.3 is 0 Å². The van der Waals surface area contributed by atoms with Crippen LogP contribution < -0.4 is 0 Å². The van der Waals surface area contributed by atoms with E-state index < -0.39 is 0 Å². The largest absolute Gasteiger partial charge is 0.381 e. The molecule has 3 aliphatic heterocycles. The van der Waals surface area contributed by atoms with Crippen LogP contribution in [0.25, 0.3) is 0 Å². The van der Waals surface area contributed by atoms with Crippen LogP contribution in [-0.4, -0.2) is 82.5 Å². The van der Waals surface area contributed by atoms with Crippen LogP contribution in [0.5, 0.6) is 0 Å². The molecule has 1 aromatic heterocycles. The molecule has 0 spiro atoms. The SMILES string of the molecule is Cc1ccnc(C)c1C(=O)N1CCC(C)(N2CCC(N(Cc3ccccc3)C(=O)C3CCOCC3)CC2)CC1. The molecule has 0 unspecified atom stereocenters. The molecular formula is C32H44N4O3. The number of rotatable bonds is 6. The molecule has 0 N–H and O–H groups in total. The molecule has 7 nitrogen and oxygen atoms in total. The zero-order valence-corrected chi connectivity index (χ0v) is 23.9. The van der Waals surface area contributed by atoms with E-state index in [1.54, 1.807) is 6.20 Å². The Bertz CT molecular complexity index is 1110. The predicted molar refractivity (Wildman–Crippen MR) is 152 cm³/mol. The van der Waals surface area contributed by atoms with Gasteiger partial charge in [0.25, 0.3) is 5.91 Å². The van der Waals surface area contributed by atoms with E-state index in [0.717, 1.165) is 81.5 Å². The van der Waals surface area contributed by atoms with Crippen LogP contribution in [0.3, 0.4) is 0 Å². The number of hydrogen-bond acceptors (Lipinski definition) is 5. The van der Waals surface area contributed by atoms with Gasteiger partial charge in [0, 0.05) is 69.6 Å². The van der Waals surface area contributed by atoms with E-state index in [2.05, 4.69) is 46.0 Å². The van der Waals surface area contributed by atoms with Crippen LogP contribution in [0.15, 0.2) is 42.6 Å². The summed E-state index contributed by atoms with van der Waals surface area (Å²) in [6.45, 7) is 11.9. The van der Waals surface area contributed by atoms with Crippen molar-refractivity contribution in [3.05, 3.63) is 65.0 Å². The van der Waals surface area contributed by atoms with Crippen molar-refractivity contribution in [2.45, 2.75) is 77.4 Å². The maximum absolute atomic E-state index is 13.7. The van der Waals surface area contributed by atoms with Crippen LogP contribution >= 0.6 is 0 Å². The number of amides is 2. The summed E-state index contributed by atoms with van der Waals surface area (Å²) in [5.74, 6) is 0.494. The first kappa shape index (κ1) is 27.8. The van der Waals surface area contributed by atoms with Gasteiger partial charge in [0.05, 0.1) is 11.3 Å². The highest BCUT2D eigenvalue weighted by molar-refractivity contribution is 5.96. The number of benzene rings is 1. The molecule has 0 atom stereocenters. The summed E-state index contributed by atoms with van der Waals surface area (Å²) >= 11 is 0. The van der Waals surface area contributed by atoms with Crippen LogP contribution in [0.4, 0.5) is 0 Å². The van der Waals surface area contributed by atoms with Gasteiger partial charge in [-0.3, -0.25) is 19.5 Å². The number of likely N-dealkylation sites (tertiary alicyclic amines) is 2. The Labute approximate surface area is 233 Å². The summed E-state index contributed by atoms with van der Waals surface area (Å²) < 4.78 is 5.54. The van der Waals surface area contributed by atoms with Crippen LogP contribution in [0.2, 0.25) is 0 Å². The molecule has 210 valence electrons. The smallest absolute Gasteiger partial charge is 0.255 e. The van der Waals surface area contributed by atoms with Gasteiger partial charge in [-0.2, -0.15) is 0 Å². The first-order chi connectivity index (χ1) is 18.9. The van der Waals surface area contributed by atoms with E-state index in [1.807, 2.05) is 30.9 Å². The standard InChI is InChI=1S/C32H44N4O3/c1-24-9-16-33-25(2)29(24)31(38)34-19-14-32(3,15-20-34)35-17-10-28(11-18-35)36(23-26-7-5-4-6-8-26)30(37)27-12-21-39-22-13-27/h4-9,16,27-28H,10-15,17-23H2,1-3H3. The Balaban J connectivity index is 1.21. The van der Waals surface area contributed by atoms with Crippen molar-refractivity contribution in [3.8, 4) is 0 Å². The highest BCUT2D eigenvalue weighted by atomic mass is 16.5. The Hall–Kier alpha value is -2.77. The van der Waals surface area contributed by atoms with Crippen molar-refractivity contribution in [2.24, 2.45) is 5.92 Å². The van der Waals surface area contributed by atoms with Gasteiger partial charge in [0.15, 0.2) is 0 Å². The van der Waals surface area contributed by atoms with Crippen LogP contribution in [-0.2, 0) is 16.1 Å². The third-order valence-electron chi connectivity index (χ3n) is 9.41. The van der Waals surface area contributed by atoms with E-state index in [4.69, 9.17) is 4.74 Å². The number of aryl methyl sites for hydroxylation is 2. The molecule has 3 saturated heterocycles. The quantitative estimate of drug-likeness (QED) is 0.544. The Kier molecular flexibility index (Phi) is 8.67. The van der Waals surface area contributed by atoms with Gasteiger partial charge in [-0.05, 0) is 76.5 Å². The van der Waals surface area contributed by atoms with Gasteiger partial charge in [0.1, 0.15) is 0 Å². The number of nitrogens with zero attached hydrogens (tertiary/aromatic N) is 4. The van der Waals surface area contributed by atoms with Gasteiger partial charge in [0.2, 0.25) is 5.91 Å². The van der Waals surface area contributed by atoms with Gasteiger partial charge in [-0.15, -0.1) is 0 Å². The van der Waals surface area contributed by atoms with E-state index in [1.165, 1.54) is 5.56 Å². The molecule has 0 saturated carbocycles. The fraction of sp³-hybridized carbons (Fsp3) is 0.594. The molecular weight excluding hydrogens is 488 g/mol. The molecule has 4 heterocycles. The summed E-state index contributed by atoms with van der Waals surface area (Å²) in [7, 11) is 0. The molecule has 5 rings (SSSR count). The first-order valence-corrected chi connectivity index (χ1v) is 14.7.